The Hall–Kier alpha value is -2.63. The van der Waals surface area contributed by atoms with Gasteiger partial charge in [0.05, 0.1) is 0 Å². The summed E-state index contributed by atoms with van der Waals surface area (Å²) in [6.45, 7) is 5.62. The molecule has 1 aliphatic rings. The van der Waals surface area contributed by atoms with Crippen molar-refractivity contribution in [3.63, 3.8) is 0 Å². The molecule has 4 rings (SSSR count). The molecule has 1 fully saturated rings. The predicted octanol–water partition coefficient (Wildman–Crippen LogP) is 3.36. The van der Waals surface area contributed by atoms with E-state index in [0.717, 1.165) is 37.0 Å². The molecule has 3 aromatic rings. The van der Waals surface area contributed by atoms with Crippen molar-refractivity contribution in [1.29, 1.82) is 0 Å². The molecule has 3 aromatic heterocycles. The van der Waals surface area contributed by atoms with Crippen LogP contribution in [0.3, 0.4) is 0 Å². The predicted molar refractivity (Wildman–Crippen MR) is 96.6 cm³/mol. The number of piperidine rings is 1. The largest absolute Gasteiger partial charge is 0.343 e. The van der Waals surface area contributed by atoms with E-state index in [4.69, 9.17) is 0 Å². The second-order valence-electron chi connectivity index (χ2n) is 7.01. The first-order chi connectivity index (χ1) is 12.1. The lowest BCUT2D eigenvalue weighted by molar-refractivity contribution is 0.0691. The molecule has 0 aromatic carbocycles. The first-order valence-electron chi connectivity index (χ1n) is 8.90. The number of nitrogens with one attached hydrogen (secondary N) is 1. The Morgan fingerprint density at radius 3 is 3.00 bits per heavy atom. The third-order valence-corrected chi connectivity index (χ3v) is 4.94. The molecule has 6 heteroatoms. The topological polar surface area (TPSA) is 66.8 Å². The van der Waals surface area contributed by atoms with E-state index in [-0.39, 0.29) is 11.9 Å². The molecule has 130 valence electrons. The van der Waals surface area contributed by atoms with Crippen LogP contribution in [0.2, 0.25) is 0 Å². The number of rotatable bonds is 3. The van der Waals surface area contributed by atoms with Gasteiger partial charge in [0.1, 0.15) is 11.3 Å². The van der Waals surface area contributed by atoms with Gasteiger partial charge in [-0.3, -0.25) is 9.48 Å². The van der Waals surface area contributed by atoms with Crippen LogP contribution in [-0.2, 0) is 0 Å². The first kappa shape index (κ1) is 15.9. The minimum Gasteiger partial charge on any atom is -0.343 e. The van der Waals surface area contributed by atoms with E-state index in [1.54, 1.807) is 17.1 Å². The van der Waals surface area contributed by atoms with Crippen molar-refractivity contribution < 1.29 is 4.79 Å². The number of likely N-dealkylation sites (tertiary alicyclic amines) is 1. The van der Waals surface area contributed by atoms with Gasteiger partial charge in [-0.05, 0) is 51.0 Å². The van der Waals surface area contributed by atoms with Gasteiger partial charge in [0.25, 0.3) is 5.91 Å². The highest BCUT2D eigenvalue weighted by molar-refractivity contribution is 5.92. The molecule has 0 bridgehead atoms. The normalized spacial score (nSPS) is 18.2. The summed E-state index contributed by atoms with van der Waals surface area (Å²) >= 11 is 0. The number of aromatic nitrogens is 4. The van der Waals surface area contributed by atoms with Gasteiger partial charge in [-0.25, -0.2) is 4.98 Å². The lowest BCUT2D eigenvalue weighted by Crippen LogP contribution is -2.40. The van der Waals surface area contributed by atoms with E-state index in [9.17, 15) is 4.79 Å². The Morgan fingerprint density at radius 2 is 2.20 bits per heavy atom. The van der Waals surface area contributed by atoms with Gasteiger partial charge in [0.15, 0.2) is 0 Å². The summed E-state index contributed by atoms with van der Waals surface area (Å²) in [5.74, 6) is 0.396. The van der Waals surface area contributed by atoms with E-state index in [2.05, 4.69) is 27.2 Å². The van der Waals surface area contributed by atoms with Gasteiger partial charge in [0.2, 0.25) is 0 Å². The maximum atomic E-state index is 13.0. The molecule has 1 aliphatic heterocycles. The summed E-state index contributed by atoms with van der Waals surface area (Å²) in [6.07, 6.45) is 5.60. The molecule has 0 radical (unpaired) electrons. The smallest absolute Gasteiger partial charge is 0.272 e. The van der Waals surface area contributed by atoms with E-state index in [1.807, 2.05) is 30.9 Å². The van der Waals surface area contributed by atoms with Gasteiger partial charge < -0.3 is 9.88 Å². The Balaban J connectivity index is 1.56. The summed E-state index contributed by atoms with van der Waals surface area (Å²) < 4.78 is 1.80. The monoisotopic (exact) mass is 337 g/mol. The van der Waals surface area contributed by atoms with Gasteiger partial charge in [-0.2, -0.15) is 5.10 Å². The fourth-order valence-corrected chi connectivity index (χ4v) is 3.67. The number of carbonyl (C=O) groups is 1. The number of H-pyrrole nitrogens is 1. The van der Waals surface area contributed by atoms with Crippen molar-refractivity contribution >= 4 is 16.9 Å². The molecule has 25 heavy (non-hydrogen) atoms. The fraction of sp³-hybridized carbons (Fsp3) is 0.421. The number of carbonyl (C=O) groups excluding carboxylic acids is 1. The molecular weight excluding hydrogens is 314 g/mol. The Labute approximate surface area is 146 Å². The number of pyridine rings is 1. The molecule has 1 amide bonds. The zero-order valence-electron chi connectivity index (χ0n) is 14.6. The van der Waals surface area contributed by atoms with Crippen molar-refractivity contribution in [3.8, 4) is 0 Å². The maximum Gasteiger partial charge on any atom is 0.272 e. The van der Waals surface area contributed by atoms with Crippen LogP contribution >= 0.6 is 0 Å². The highest BCUT2D eigenvalue weighted by Crippen LogP contribution is 2.29. The van der Waals surface area contributed by atoms with Crippen molar-refractivity contribution in [2.75, 3.05) is 13.1 Å². The molecular formula is C19H23N5O. The summed E-state index contributed by atoms with van der Waals surface area (Å²) in [5, 5.41) is 5.42. The lowest BCUT2D eigenvalue weighted by atomic mass is 9.94. The Kier molecular flexibility index (Phi) is 4.03. The number of nitrogens with zero attached hydrogens (tertiary/aromatic N) is 4. The van der Waals surface area contributed by atoms with Crippen molar-refractivity contribution in [1.82, 2.24) is 24.6 Å². The number of hydrogen-bond donors (Lipinski definition) is 1. The van der Waals surface area contributed by atoms with Crippen molar-refractivity contribution in [2.45, 2.75) is 38.6 Å². The number of fused-ring (bicyclic) bond motifs is 1. The zero-order valence-corrected chi connectivity index (χ0v) is 14.6. The molecule has 1 atom stereocenters. The lowest BCUT2D eigenvalue weighted by Gasteiger charge is -2.32. The molecule has 0 spiro atoms. The van der Waals surface area contributed by atoms with Gasteiger partial charge >= 0.3 is 0 Å². The van der Waals surface area contributed by atoms with Crippen LogP contribution in [0.5, 0.6) is 0 Å². The average Bonchev–Trinajstić information content (AvgIpc) is 3.28. The van der Waals surface area contributed by atoms with E-state index < -0.39 is 0 Å². The van der Waals surface area contributed by atoms with Crippen LogP contribution < -0.4 is 0 Å². The van der Waals surface area contributed by atoms with Crippen molar-refractivity contribution in [3.05, 3.63) is 48.0 Å². The zero-order chi connectivity index (χ0) is 17.4. The molecule has 4 heterocycles. The van der Waals surface area contributed by atoms with Crippen LogP contribution in [0.25, 0.3) is 11.0 Å². The Bertz CT molecular complexity index is 861. The van der Waals surface area contributed by atoms with Gasteiger partial charge in [0, 0.05) is 48.5 Å². The molecule has 1 saturated heterocycles. The average molecular weight is 337 g/mol. The molecule has 0 aliphatic carbocycles. The quantitative estimate of drug-likeness (QED) is 0.797. The third-order valence-electron chi connectivity index (χ3n) is 4.94. The van der Waals surface area contributed by atoms with Gasteiger partial charge in [-0.1, -0.05) is 0 Å². The molecule has 1 N–H and O–H groups in total. The highest BCUT2D eigenvalue weighted by Gasteiger charge is 2.28. The van der Waals surface area contributed by atoms with E-state index in [1.165, 1.54) is 5.69 Å². The van der Waals surface area contributed by atoms with Crippen molar-refractivity contribution in [2.24, 2.45) is 0 Å². The SMILES string of the molecule is CC(C)n1nccc1C(=O)N1CCCC(c2cc3cccnc3[nH]2)C1. The Morgan fingerprint density at radius 1 is 1.32 bits per heavy atom. The van der Waals surface area contributed by atoms with Crippen LogP contribution in [-0.4, -0.2) is 43.6 Å². The number of aromatic amines is 1. The highest BCUT2D eigenvalue weighted by atomic mass is 16.2. The number of hydrogen-bond acceptors (Lipinski definition) is 3. The summed E-state index contributed by atoms with van der Waals surface area (Å²) in [6, 6.07) is 8.17. The third kappa shape index (κ3) is 2.92. The van der Waals surface area contributed by atoms with E-state index in [0.29, 0.717) is 11.6 Å². The second-order valence-corrected chi connectivity index (χ2v) is 7.01. The maximum absolute atomic E-state index is 13.0. The standard InChI is InChI=1S/C19H23N5O/c1-13(2)24-17(7-9-21-24)19(25)23-10-4-6-15(12-23)16-11-14-5-3-8-20-18(14)22-16/h3,5,7-9,11,13,15H,4,6,10,12H2,1-2H3,(H,20,22). The minimum atomic E-state index is 0.0742. The molecule has 0 saturated carbocycles. The summed E-state index contributed by atoms with van der Waals surface area (Å²) in [4.78, 5) is 22.7. The van der Waals surface area contributed by atoms with Crippen LogP contribution in [0, 0.1) is 0 Å². The second kappa shape index (κ2) is 6.35. The molecule has 6 nitrogen and oxygen atoms in total. The summed E-state index contributed by atoms with van der Waals surface area (Å²) in [7, 11) is 0. The van der Waals surface area contributed by atoms with E-state index >= 15 is 0 Å². The first-order valence-corrected chi connectivity index (χ1v) is 8.90. The summed E-state index contributed by atoms with van der Waals surface area (Å²) in [5.41, 5.74) is 2.76. The van der Waals surface area contributed by atoms with Gasteiger partial charge in [-0.15, -0.1) is 0 Å². The minimum absolute atomic E-state index is 0.0742. The van der Waals surface area contributed by atoms with Crippen LogP contribution in [0.4, 0.5) is 0 Å². The number of amides is 1. The van der Waals surface area contributed by atoms with Crippen LogP contribution in [0.1, 0.15) is 54.8 Å². The molecule has 1 unspecified atom stereocenters. The fourth-order valence-electron chi connectivity index (χ4n) is 3.67. The van der Waals surface area contributed by atoms with Crippen LogP contribution in [0.15, 0.2) is 36.7 Å².